The van der Waals surface area contributed by atoms with Crippen molar-refractivity contribution in [1.82, 2.24) is 10.6 Å². The van der Waals surface area contributed by atoms with Crippen molar-refractivity contribution in [2.45, 2.75) is 62.9 Å². The van der Waals surface area contributed by atoms with E-state index in [0.717, 1.165) is 75.4 Å². The molecule has 0 saturated carbocycles. The molecule has 2 aliphatic heterocycles. The van der Waals surface area contributed by atoms with Crippen molar-refractivity contribution in [3.05, 3.63) is 59.2 Å². The third-order valence-electron chi connectivity index (χ3n) is 7.27. The van der Waals surface area contributed by atoms with E-state index in [0.29, 0.717) is 12.1 Å². The lowest BCUT2D eigenvalue weighted by Gasteiger charge is -2.34. The zero-order valence-electron chi connectivity index (χ0n) is 20.1. The highest BCUT2D eigenvalue weighted by Crippen LogP contribution is 2.35. The summed E-state index contributed by atoms with van der Waals surface area (Å²) in [6.07, 6.45) is 2.18. The number of fused-ring (bicyclic) bond motifs is 1. The molecule has 1 aliphatic carbocycles. The highest BCUT2D eigenvalue weighted by molar-refractivity contribution is 5.86. The lowest BCUT2D eigenvalue weighted by molar-refractivity contribution is -0.137. The Labute approximate surface area is 230 Å². The summed E-state index contributed by atoms with van der Waals surface area (Å²) in [5.74, 6) is 0.934. The van der Waals surface area contributed by atoms with Gasteiger partial charge < -0.3 is 20.3 Å². The lowest BCUT2D eigenvalue weighted by Crippen LogP contribution is -2.41. The molecule has 1 atom stereocenters. The van der Waals surface area contributed by atoms with Crippen molar-refractivity contribution in [3.8, 4) is 5.75 Å². The van der Waals surface area contributed by atoms with Crippen LogP contribution in [0.4, 0.5) is 18.9 Å². The first-order valence-corrected chi connectivity index (χ1v) is 12.1. The van der Waals surface area contributed by atoms with Gasteiger partial charge in [0.15, 0.2) is 0 Å². The summed E-state index contributed by atoms with van der Waals surface area (Å²) >= 11 is 0. The van der Waals surface area contributed by atoms with Crippen LogP contribution in [0.2, 0.25) is 0 Å². The monoisotopic (exact) mass is 567 g/mol. The molecule has 2 fully saturated rings. The number of nitrogens with zero attached hydrogens (tertiary/aromatic N) is 1. The molecule has 36 heavy (non-hydrogen) atoms. The van der Waals surface area contributed by atoms with Gasteiger partial charge in [0.05, 0.1) is 5.56 Å². The lowest BCUT2D eigenvalue weighted by atomic mass is 10.0. The summed E-state index contributed by atoms with van der Waals surface area (Å²) in [5, 5.41) is 7.28. The molecule has 2 aromatic rings. The second kappa shape index (κ2) is 13.4. The fourth-order valence-corrected chi connectivity index (χ4v) is 5.40. The number of aryl methyl sites for hydroxylation is 1. The van der Waals surface area contributed by atoms with Gasteiger partial charge in [-0.2, -0.15) is 13.2 Å². The van der Waals surface area contributed by atoms with Crippen molar-refractivity contribution in [2.24, 2.45) is 0 Å². The number of halogens is 6. The molecule has 2 saturated heterocycles. The van der Waals surface area contributed by atoms with Crippen molar-refractivity contribution in [1.29, 1.82) is 0 Å². The summed E-state index contributed by atoms with van der Waals surface area (Å²) in [4.78, 5) is 2.14. The number of hydrogen-bond donors (Lipinski definition) is 2. The SMILES string of the molecule is Cl.Cl.Cl.FC(F)(F)c1ccc(N2CCC(Oc3ccc4c(c3)CCC4NC3CCNCC3)CC2)cc1. The second-order valence-electron chi connectivity index (χ2n) is 9.49. The molecule has 3 aliphatic rings. The van der Waals surface area contributed by atoms with E-state index in [1.54, 1.807) is 12.1 Å². The van der Waals surface area contributed by atoms with E-state index in [2.05, 4.69) is 33.7 Å². The Kier molecular flexibility index (Phi) is 11.5. The third-order valence-corrected chi connectivity index (χ3v) is 7.27. The fourth-order valence-electron chi connectivity index (χ4n) is 5.40. The fraction of sp³-hybridized carbons (Fsp3) is 0.538. The Morgan fingerprint density at radius 3 is 2.17 bits per heavy atom. The van der Waals surface area contributed by atoms with Gasteiger partial charge in [0, 0.05) is 43.7 Å². The van der Waals surface area contributed by atoms with Crippen molar-refractivity contribution in [2.75, 3.05) is 31.1 Å². The average Bonchev–Trinajstić information content (AvgIpc) is 3.22. The minimum absolute atomic E-state index is 0. The van der Waals surface area contributed by atoms with Crippen LogP contribution in [0.5, 0.6) is 5.75 Å². The molecule has 0 aromatic heterocycles. The van der Waals surface area contributed by atoms with Gasteiger partial charge in [-0.05, 0) is 86.3 Å². The number of nitrogens with one attached hydrogen (secondary N) is 2. The number of hydrogen-bond acceptors (Lipinski definition) is 4. The first-order chi connectivity index (χ1) is 16.0. The van der Waals surface area contributed by atoms with E-state index in [4.69, 9.17) is 4.74 Å². The van der Waals surface area contributed by atoms with Crippen LogP contribution in [0.15, 0.2) is 42.5 Å². The zero-order valence-corrected chi connectivity index (χ0v) is 22.5. The normalized spacial score (nSPS) is 20.5. The summed E-state index contributed by atoms with van der Waals surface area (Å²) in [6, 6.07) is 13.1. The highest BCUT2D eigenvalue weighted by Gasteiger charge is 2.31. The molecule has 5 rings (SSSR count). The second-order valence-corrected chi connectivity index (χ2v) is 9.49. The van der Waals surface area contributed by atoms with Gasteiger partial charge in [-0.3, -0.25) is 0 Å². The summed E-state index contributed by atoms with van der Waals surface area (Å²) in [6.45, 7) is 3.76. The van der Waals surface area contributed by atoms with E-state index < -0.39 is 11.7 Å². The molecule has 202 valence electrons. The standard InChI is InChI=1S/C26H32F3N3O.3ClH/c27-26(28,29)19-2-4-21(5-3-19)32-15-11-22(12-16-32)33-23-6-7-24-18(17-23)1-8-25(24)31-20-9-13-30-14-10-20;;;/h2-7,17,20,22,25,30-31H,1,8-16H2;3*1H. The first kappa shape index (κ1) is 30.8. The molecule has 0 amide bonds. The minimum atomic E-state index is -4.29. The van der Waals surface area contributed by atoms with Gasteiger partial charge in [-0.15, -0.1) is 37.2 Å². The van der Waals surface area contributed by atoms with E-state index >= 15 is 0 Å². The van der Waals surface area contributed by atoms with Crippen LogP contribution in [0.1, 0.15) is 54.8 Å². The van der Waals surface area contributed by atoms with Gasteiger partial charge in [0.2, 0.25) is 0 Å². The zero-order chi connectivity index (χ0) is 22.8. The van der Waals surface area contributed by atoms with Crippen LogP contribution in [0, 0.1) is 0 Å². The maximum Gasteiger partial charge on any atom is 0.416 e. The number of benzene rings is 2. The largest absolute Gasteiger partial charge is 0.490 e. The van der Waals surface area contributed by atoms with Crippen LogP contribution in [-0.2, 0) is 12.6 Å². The van der Waals surface area contributed by atoms with Crippen LogP contribution in [0.3, 0.4) is 0 Å². The number of alkyl halides is 3. The number of ether oxygens (including phenoxy) is 1. The van der Waals surface area contributed by atoms with E-state index in [9.17, 15) is 13.2 Å². The molecule has 10 heteroatoms. The average molecular weight is 569 g/mol. The summed E-state index contributed by atoms with van der Waals surface area (Å²) < 4.78 is 44.7. The van der Waals surface area contributed by atoms with Gasteiger partial charge in [-0.1, -0.05) is 6.07 Å². The van der Waals surface area contributed by atoms with Crippen molar-refractivity contribution >= 4 is 42.9 Å². The molecule has 1 unspecified atom stereocenters. The van der Waals surface area contributed by atoms with Crippen LogP contribution >= 0.6 is 37.2 Å². The van der Waals surface area contributed by atoms with Crippen LogP contribution in [-0.4, -0.2) is 38.3 Å². The van der Waals surface area contributed by atoms with Gasteiger partial charge in [-0.25, -0.2) is 0 Å². The molecule has 2 heterocycles. The Balaban J connectivity index is 0.00000152. The Morgan fingerprint density at radius 1 is 0.861 bits per heavy atom. The molecule has 0 bridgehead atoms. The number of piperidine rings is 2. The Morgan fingerprint density at radius 2 is 1.53 bits per heavy atom. The van der Waals surface area contributed by atoms with Crippen LogP contribution in [0.25, 0.3) is 0 Å². The molecular weight excluding hydrogens is 534 g/mol. The molecule has 4 nitrogen and oxygen atoms in total. The predicted octanol–water partition coefficient (Wildman–Crippen LogP) is 6.35. The number of rotatable bonds is 5. The minimum Gasteiger partial charge on any atom is -0.490 e. The highest BCUT2D eigenvalue weighted by atomic mass is 35.5. The summed E-state index contributed by atoms with van der Waals surface area (Å²) in [5.41, 5.74) is 3.04. The third kappa shape index (κ3) is 7.35. The molecule has 0 spiro atoms. The van der Waals surface area contributed by atoms with E-state index in [-0.39, 0.29) is 43.3 Å². The van der Waals surface area contributed by atoms with Crippen molar-refractivity contribution < 1.29 is 17.9 Å². The quantitative estimate of drug-likeness (QED) is 0.441. The van der Waals surface area contributed by atoms with Crippen molar-refractivity contribution in [3.63, 3.8) is 0 Å². The topological polar surface area (TPSA) is 36.5 Å². The summed E-state index contributed by atoms with van der Waals surface area (Å²) in [7, 11) is 0. The van der Waals surface area contributed by atoms with Gasteiger partial charge in [0.25, 0.3) is 0 Å². The maximum atomic E-state index is 12.8. The van der Waals surface area contributed by atoms with E-state index in [1.165, 1.54) is 24.0 Å². The molecular formula is C26H35Cl3F3N3O. The van der Waals surface area contributed by atoms with Gasteiger partial charge >= 0.3 is 6.18 Å². The smallest absolute Gasteiger partial charge is 0.416 e. The predicted molar refractivity (Wildman–Crippen MR) is 146 cm³/mol. The van der Waals surface area contributed by atoms with Gasteiger partial charge in [0.1, 0.15) is 11.9 Å². The maximum absolute atomic E-state index is 12.8. The van der Waals surface area contributed by atoms with Crippen LogP contribution < -0.4 is 20.3 Å². The Bertz CT molecular complexity index is 948. The molecule has 2 aromatic carbocycles. The molecule has 2 N–H and O–H groups in total. The first-order valence-electron chi connectivity index (χ1n) is 12.1. The number of anilines is 1. The Hall–Kier alpha value is -1.38. The molecule has 0 radical (unpaired) electrons. The van der Waals surface area contributed by atoms with E-state index in [1.807, 2.05) is 0 Å².